The van der Waals surface area contributed by atoms with Gasteiger partial charge in [-0.3, -0.25) is 9.47 Å². The number of fused-ring (bicyclic) bond motifs is 2. The van der Waals surface area contributed by atoms with Gasteiger partial charge in [0.15, 0.2) is 11.5 Å². The number of hydrogen-bond acceptors (Lipinski definition) is 6. The summed E-state index contributed by atoms with van der Waals surface area (Å²) in [6.07, 6.45) is 10.5. The smallest absolute Gasteiger partial charge is 0.165 e. The third kappa shape index (κ3) is 5.00. The van der Waals surface area contributed by atoms with Gasteiger partial charge in [0.1, 0.15) is 11.3 Å². The molecule has 2 saturated heterocycles. The van der Waals surface area contributed by atoms with Gasteiger partial charge < -0.3 is 11.1 Å². The van der Waals surface area contributed by atoms with Gasteiger partial charge in [-0.25, -0.2) is 15.0 Å². The topological polar surface area (TPSA) is 84.9 Å². The molecule has 7 heteroatoms. The molecule has 0 saturated carbocycles. The molecule has 0 spiro atoms. The number of pyridine rings is 2. The van der Waals surface area contributed by atoms with Crippen LogP contribution in [-0.2, 0) is 6.54 Å². The van der Waals surface area contributed by atoms with Gasteiger partial charge in [0.2, 0.25) is 0 Å². The highest BCUT2D eigenvalue weighted by Gasteiger charge is 2.35. The minimum Gasteiger partial charge on any atom is -0.383 e. The summed E-state index contributed by atoms with van der Waals surface area (Å²) in [5, 5.41) is 3.53. The van der Waals surface area contributed by atoms with Crippen LogP contribution in [0.4, 0.5) is 5.82 Å². The maximum Gasteiger partial charge on any atom is 0.165 e. The number of nitrogens with two attached hydrogens (primary N) is 1. The third-order valence-electron chi connectivity index (χ3n) is 7.94. The number of nitrogen functional groups attached to an aromatic ring is 1. The van der Waals surface area contributed by atoms with Gasteiger partial charge in [0, 0.05) is 31.5 Å². The molecular weight excluding hydrogens is 482 g/mol. The van der Waals surface area contributed by atoms with Gasteiger partial charge in [-0.2, -0.15) is 0 Å². The van der Waals surface area contributed by atoms with Gasteiger partial charge in [-0.1, -0.05) is 44.2 Å². The van der Waals surface area contributed by atoms with Gasteiger partial charge in [0.25, 0.3) is 0 Å². The van der Waals surface area contributed by atoms with E-state index in [-0.39, 0.29) is 0 Å². The van der Waals surface area contributed by atoms with Crippen LogP contribution in [0.15, 0.2) is 73.0 Å². The second kappa shape index (κ2) is 11.1. The maximum atomic E-state index is 6.31. The maximum absolute atomic E-state index is 6.31. The summed E-state index contributed by atoms with van der Waals surface area (Å²) < 4.78 is 2.12. The number of nitrogens with zero attached hydrogens (tertiary/aromatic N) is 5. The van der Waals surface area contributed by atoms with Crippen molar-refractivity contribution in [1.29, 1.82) is 0 Å². The van der Waals surface area contributed by atoms with E-state index in [1.165, 1.54) is 18.7 Å². The number of nitrogens with one attached hydrogen (secondary N) is 1. The van der Waals surface area contributed by atoms with Crippen molar-refractivity contribution in [3.63, 3.8) is 0 Å². The van der Waals surface area contributed by atoms with Gasteiger partial charge in [-0.05, 0) is 85.3 Å². The summed E-state index contributed by atoms with van der Waals surface area (Å²) >= 11 is 0. The van der Waals surface area contributed by atoms with Crippen LogP contribution >= 0.6 is 0 Å². The Morgan fingerprint density at radius 1 is 0.949 bits per heavy atom. The molecule has 2 unspecified atom stereocenters. The van der Waals surface area contributed by atoms with E-state index in [4.69, 9.17) is 15.7 Å². The fraction of sp³-hybridized carbons (Fsp3) is 0.344. The first-order chi connectivity index (χ1) is 19.2. The van der Waals surface area contributed by atoms with Crippen molar-refractivity contribution in [2.24, 2.45) is 11.8 Å². The number of anilines is 1. The van der Waals surface area contributed by atoms with Crippen molar-refractivity contribution < 1.29 is 0 Å². The second-order valence-corrected chi connectivity index (χ2v) is 10.4. The van der Waals surface area contributed by atoms with E-state index in [1.807, 2.05) is 26.0 Å². The first kappa shape index (κ1) is 25.5. The molecule has 3 N–H and O–H groups in total. The van der Waals surface area contributed by atoms with Crippen LogP contribution in [0.5, 0.6) is 0 Å². The Hall–Kier alpha value is -3.81. The number of allylic oxidation sites excluding steroid dienone is 4. The molecule has 7 nitrogen and oxygen atoms in total. The predicted molar refractivity (Wildman–Crippen MR) is 159 cm³/mol. The molecular formula is C32H37N7. The summed E-state index contributed by atoms with van der Waals surface area (Å²) in [7, 11) is 0. The molecule has 39 heavy (non-hydrogen) atoms. The number of hydrogen-bond donors (Lipinski definition) is 2. The van der Waals surface area contributed by atoms with Crippen molar-refractivity contribution in [1.82, 2.24) is 29.7 Å². The van der Waals surface area contributed by atoms with E-state index in [1.54, 1.807) is 6.20 Å². The highest BCUT2D eigenvalue weighted by molar-refractivity contribution is 5.85. The largest absolute Gasteiger partial charge is 0.383 e. The van der Waals surface area contributed by atoms with E-state index in [0.717, 1.165) is 83.8 Å². The molecule has 3 aromatic heterocycles. The molecule has 0 amide bonds. The van der Waals surface area contributed by atoms with Gasteiger partial charge in [0.05, 0.1) is 11.3 Å². The van der Waals surface area contributed by atoms with Crippen LogP contribution in [0, 0.1) is 11.8 Å². The predicted octanol–water partition coefficient (Wildman–Crippen LogP) is 5.48. The average Bonchev–Trinajstić information content (AvgIpc) is 3.69. The fourth-order valence-electron chi connectivity index (χ4n) is 6.04. The lowest BCUT2D eigenvalue weighted by atomic mass is 10.0. The SMILES string of the molecule is CC.Nc1ncccc1-c1nc2ccc(C3=CCCC=C3)nc2n1-c1ccc(CN2CC3CNCC3C2)cc1. The monoisotopic (exact) mass is 519 g/mol. The lowest BCUT2D eigenvalue weighted by molar-refractivity contribution is 0.305. The quantitative estimate of drug-likeness (QED) is 0.363. The minimum absolute atomic E-state index is 0.461. The first-order valence-electron chi connectivity index (χ1n) is 14.2. The lowest BCUT2D eigenvalue weighted by Crippen LogP contribution is -2.25. The van der Waals surface area contributed by atoms with Crippen LogP contribution in [-0.4, -0.2) is 50.6 Å². The van der Waals surface area contributed by atoms with Gasteiger partial charge >= 0.3 is 0 Å². The Bertz CT molecular complexity index is 1500. The molecule has 0 bridgehead atoms. The standard InChI is InChI=1S/C30H31N7.C2H6/c31-28-25(7-4-14-33-28)29-35-27-13-12-26(21-5-2-1-3-6-21)34-30(27)37(29)24-10-8-20(9-11-24)17-36-18-22-15-32-16-23(22)19-36;1-2/h2,4-14,22-23,32H,1,3,15-19H2,(H2,31,33);1-2H3. The van der Waals surface area contributed by atoms with Crippen LogP contribution in [0.3, 0.4) is 0 Å². The van der Waals surface area contributed by atoms with Crippen molar-refractivity contribution >= 4 is 22.6 Å². The zero-order valence-electron chi connectivity index (χ0n) is 22.8. The molecule has 3 aliphatic rings. The third-order valence-corrected chi connectivity index (χ3v) is 7.94. The number of aromatic nitrogens is 4. The van der Waals surface area contributed by atoms with Crippen LogP contribution in [0.25, 0.3) is 33.8 Å². The Morgan fingerprint density at radius 2 is 1.74 bits per heavy atom. The van der Waals surface area contributed by atoms with E-state index in [9.17, 15) is 0 Å². The first-order valence-corrected chi connectivity index (χ1v) is 14.2. The van der Waals surface area contributed by atoms with Crippen molar-refractivity contribution in [2.75, 3.05) is 31.9 Å². The van der Waals surface area contributed by atoms with E-state index in [0.29, 0.717) is 5.82 Å². The fourth-order valence-corrected chi connectivity index (χ4v) is 6.04. The Balaban J connectivity index is 0.00000135. The van der Waals surface area contributed by atoms with Crippen LogP contribution in [0.2, 0.25) is 0 Å². The van der Waals surface area contributed by atoms with Gasteiger partial charge in [-0.15, -0.1) is 0 Å². The Labute approximate surface area is 230 Å². The molecule has 200 valence electrons. The number of likely N-dealkylation sites (tertiary alicyclic amines) is 1. The van der Waals surface area contributed by atoms with Crippen molar-refractivity contribution in [2.45, 2.75) is 33.2 Å². The molecule has 1 aliphatic carbocycles. The number of rotatable bonds is 5. The van der Waals surface area contributed by atoms with Crippen molar-refractivity contribution in [3.8, 4) is 17.1 Å². The molecule has 2 atom stereocenters. The van der Waals surface area contributed by atoms with E-state index in [2.05, 4.69) is 74.4 Å². The zero-order chi connectivity index (χ0) is 26.8. The summed E-state index contributed by atoms with van der Waals surface area (Å²) in [6.45, 7) is 9.69. The zero-order valence-corrected chi connectivity index (χ0v) is 22.8. The molecule has 4 aromatic rings. The molecule has 2 aliphatic heterocycles. The lowest BCUT2D eigenvalue weighted by Gasteiger charge is -2.17. The molecule has 0 radical (unpaired) electrons. The van der Waals surface area contributed by atoms with Crippen LogP contribution < -0.4 is 11.1 Å². The Morgan fingerprint density at radius 3 is 2.46 bits per heavy atom. The molecule has 2 fully saturated rings. The summed E-state index contributed by atoms with van der Waals surface area (Å²) in [6, 6.07) is 16.8. The summed E-state index contributed by atoms with van der Waals surface area (Å²) in [4.78, 5) is 17.0. The number of imidazole rings is 1. The van der Waals surface area contributed by atoms with E-state index < -0.39 is 0 Å². The highest BCUT2D eigenvalue weighted by atomic mass is 15.2. The summed E-state index contributed by atoms with van der Waals surface area (Å²) in [5.41, 5.74) is 13.2. The molecule has 5 heterocycles. The second-order valence-electron chi connectivity index (χ2n) is 10.4. The van der Waals surface area contributed by atoms with E-state index >= 15 is 0 Å². The van der Waals surface area contributed by atoms with Crippen molar-refractivity contribution in [3.05, 3.63) is 84.2 Å². The minimum atomic E-state index is 0.461. The average molecular weight is 520 g/mol. The Kier molecular flexibility index (Phi) is 7.26. The number of benzene rings is 1. The molecule has 1 aromatic carbocycles. The summed E-state index contributed by atoms with van der Waals surface area (Å²) in [5.74, 6) is 2.82. The molecule has 7 rings (SSSR count). The van der Waals surface area contributed by atoms with Crippen LogP contribution in [0.1, 0.15) is 37.9 Å². The normalized spacial score (nSPS) is 20.5. The highest BCUT2D eigenvalue weighted by Crippen LogP contribution is 2.32.